The maximum Gasteiger partial charge on any atom is 0.265 e. The molecule has 54 heavy (non-hydrogen) atoms. The predicted molar refractivity (Wildman–Crippen MR) is 228 cm³/mol. The second-order valence-electron chi connectivity index (χ2n) is 15.9. The number of benzene rings is 1. The van der Waals surface area contributed by atoms with Gasteiger partial charge in [0.05, 0.1) is 33.0 Å². The smallest absolute Gasteiger partial charge is 0.265 e. The van der Waals surface area contributed by atoms with E-state index < -0.39 is 0 Å². The average molecular weight is 759 g/mol. The highest BCUT2D eigenvalue weighted by atomic mass is 16.5. The monoisotopic (exact) mass is 759 g/mol. The van der Waals surface area contributed by atoms with Gasteiger partial charge in [0.2, 0.25) is 5.75 Å². The Morgan fingerprint density at radius 3 is 1.17 bits per heavy atom. The lowest BCUT2D eigenvalue weighted by atomic mass is 10.1. The molecule has 1 aliphatic heterocycles. The van der Waals surface area contributed by atoms with Crippen molar-refractivity contribution in [3.8, 4) is 17.2 Å². The molecule has 0 atom stereocenters. The number of amides is 1. The number of hydrogen-bond acceptors (Lipinski definition) is 6. The number of unbranched alkanes of at least 4 members (excludes halogenated alkanes) is 27. The molecule has 0 radical (unpaired) electrons. The second kappa shape index (κ2) is 35.4. The summed E-state index contributed by atoms with van der Waals surface area (Å²) >= 11 is 0. The number of rotatable bonds is 38. The highest BCUT2D eigenvalue weighted by Crippen LogP contribution is 2.40. The Balaban J connectivity index is 2.00. The summed E-state index contributed by atoms with van der Waals surface area (Å²) in [7, 11) is 0. The van der Waals surface area contributed by atoms with Gasteiger partial charge in [0, 0.05) is 18.7 Å². The van der Waals surface area contributed by atoms with Crippen LogP contribution < -0.4 is 19.6 Å². The van der Waals surface area contributed by atoms with Gasteiger partial charge in [0.15, 0.2) is 11.5 Å². The van der Waals surface area contributed by atoms with Gasteiger partial charge in [-0.2, -0.15) is 0 Å². The fraction of sp³-hybridized carbons (Fsp3) is 0.851. The molecule has 314 valence electrons. The standard InChI is InChI=1S/C47H86N2O5/c1-4-7-10-13-16-19-22-25-28-31-36-52-44-41-43(47(50)48-49-34-39-51-40-35-49)42-45(53-37-32-29-26-23-20-17-14-11-8-5-2)46(44)54-38-33-30-27-24-21-18-15-12-9-6-3/h41-42H,4-40H2,1-3H3,(H,48,50). The number of morpholine rings is 1. The number of carbonyl (C=O) groups excluding carboxylic acids is 1. The van der Waals surface area contributed by atoms with E-state index in [4.69, 9.17) is 18.9 Å². The van der Waals surface area contributed by atoms with Crippen LogP contribution in [0.5, 0.6) is 17.2 Å². The summed E-state index contributed by atoms with van der Waals surface area (Å²) in [6, 6.07) is 3.74. The number of nitrogens with zero attached hydrogens (tertiary/aromatic N) is 1. The second-order valence-corrected chi connectivity index (χ2v) is 15.9. The van der Waals surface area contributed by atoms with Crippen LogP contribution >= 0.6 is 0 Å². The molecule has 1 saturated heterocycles. The SMILES string of the molecule is CCCCCCCCCCCCOc1cc(C(=O)NN2CCOCC2)cc(OCCCCCCCCCCCC)c1OCCCCCCCCCCCC. The fourth-order valence-electron chi connectivity index (χ4n) is 7.25. The van der Waals surface area contributed by atoms with E-state index in [1.54, 1.807) is 0 Å². The van der Waals surface area contributed by atoms with Crippen LogP contribution in [0.15, 0.2) is 12.1 Å². The third-order valence-electron chi connectivity index (χ3n) is 10.8. The quantitative estimate of drug-likeness (QED) is 0.0677. The molecular weight excluding hydrogens is 673 g/mol. The van der Waals surface area contributed by atoms with Crippen molar-refractivity contribution in [2.75, 3.05) is 46.1 Å². The average Bonchev–Trinajstić information content (AvgIpc) is 3.18. The molecule has 0 aliphatic carbocycles. The normalized spacial score (nSPS) is 13.3. The summed E-state index contributed by atoms with van der Waals surface area (Å²) in [5.41, 5.74) is 3.63. The third-order valence-corrected chi connectivity index (χ3v) is 10.8. The van der Waals surface area contributed by atoms with Gasteiger partial charge >= 0.3 is 0 Å². The Morgan fingerprint density at radius 1 is 0.500 bits per heavy atom. The Kier molecular flexibility index (Phi) is 31.6. The van der Waals surface area contributed by atoms with Crippen molar-refractivity contribution in [1.29, 1.82) is 0 Å². The van der Waals surface area contributed by atoms with E-state index in [0.717, 1.165) is 32.1 Å². The van der Waals surface area contributed by atoms with Crippen molar-refractivity contribution < 1.29 is 23.7 Å². The highest BCUT2D eigenvalue weighted by Gasteiger charge is 2.21. The molecule has 0 spiro atoms. The van der Waals surface area contributed by atoms with Crippen LogP contribution in [-0.4, -0.2) is 57.0 Å². The molecule has 1 aromatic carbocycles. The molecule has 1 amide bonds. The van der Waals surface area contributed by atoms with Gasteiger partial charge < -0.3 is 18.9 Å². The van der Waals surface area contributed by atoms with Crippen molar-refractivity contribution in [3.05, 3.63) is 17.7 Å². The first-order valence-corrected chi connectivity index (χ1v) is 23.4. The molecule has 7 heteroatoms. The zero-order valence-electron chi connectivity index (χ0n) is 35.8. The van der Waals surface area contributed by atoms with Gasteiger partial charge in [0.25, 0.3) is 5.91 Å². The molecule has 1 heterocycles. The highest BCUT2D eigenvalue weighted by molar-refractivity contribution is 5.95. The maximum absolute atomic E-state index is 13.6. The van der Waals surface area contributed by atoms with Gasteiger partial charge in [-0.05, 0) is 31.4 Å². The van der Waals surface area contributed by atoms with Crippen LogP contribution in [-0.2, 0) is 4.74 Å². The predicted octanol–water partition coefficient (Wildman–Crippen LogP) is 13.6. The molecule has 2 rings (SSSR count). The number of hydrogen-bond donors (Lipinski definition) is 1. The van der Waals surface area contributed by atoms with Crippen LogP contribution in [0.25, 0.3) is 0 Å². The maximum atomic E-state index is 13.6. The molecule has 0 saturated carbocycles. The molecule has 1 aliphatic rings. The van der Waals surface area contributed by atoms with Crippen molar-refractivity contribution >= 4 is 5.91 Å². The molecular formula is C47H86N2O5. The van der Waals surface area contributed by atoms with Gasteiger partial charge in [0.1, 0.15) is 0 Å². The first-order chi connectivity index (χ1) is 26.7. The first kappa shape index (κ1) is 48.2. The van der Waals surface area contributed by atoms with Gasteiger partial charge in [-0.25, -0.2) is 5.01 Å². The zero-order chi connectivity index (χ0) is 38.6. The molecule has 1 fully saturated rings. The van der Waals surface area contributed by atoms with E-state index in [9.17, 15) is 4.79 Å². The lowest BCUT2D eigenvalue weighted by Gasteiger charge is -2.27. The number of hydrazine groups is 1. The lowest BCUT2D eigenvalue weighted by Crippen LogP contribution is -2.48. The molecule has 1 aromatic rings. The fourth-order valence-corrected chi connectivity index (χ4v) is 7.25. The lowest BCUT2D eigenvalue weighted by molar-refractivity contribution is 0.0126. The van der Waals surface area contributed by atoms with Crippen molar-refractivity contribution in [3.63, 3.8) is 0 Å². The van der Waals surface area contributed by atoms with E-state index in [0.29, 0.717) is 68.9 Å². The summed E-state index contributed by atoms with van der Waals surface area (Å²) in [6.45, 7) is 11.3. The largest absolute Gasteiger partial charge is 0.490 e. The van der Waals surface area contributed by atoms with Crippen LogP contribution in [0.2, 0.25) is 0 Å². The molecule has 7 nitrogen and oxygen atoms in total. The zero-order valence-corrected chi connectivity index (χ0v) is 35.8. The molecule has 0 bridgehead atoms. The van der Waals surface area contributed by atoms with Crippen molar-refractivity contribution in [1.82, 2.24) is 10.4 Å². The van der Waals surface area contributed by atoms with Crippen LogP contribution in [0, 0.1) is 0 Å². The van der Waals surface area contributed by atoms with E-state index in [1.807, 2.05) is 17.1 Å². The summed E-state index contributed by atoms with van der Waals surface area (Å²) < 4.78 is 24.9. The van der Waals surface area contributed by atoms with E-state index in [2.05, 4.69) is 26.2 Å². The van der Waals surface area contributed by atoms with Crippen LogP contribution in [0.4, 0.5) is 0 Å². The minimum Gasteiger partial charge on any atom is -0.490 e. The molecule has 1 N–H and O–H groups in total. The van der Waals surface area contributed by atoms with Crippen LogP contribution in [0.3, 0.4) is 0 Å². The summed E-state index contributed by atoms with van der Waals surface area (Å²) in [5, 5.41) is 1.94. The molecule has 0 unspecified atom stereocenters. The van der Waals surface area contributed by atoms with Crippen LogP contribution in [0.1, 0.15) is 224 Å². The number of carbonyl (C=O) groups is 1. The minimum absolute atomic E-state index is 0.147. The van der Waals surface area contributed by atoms with E-state index >= 15 is 0 Å². The Hall–Kier alpha value is -1.99. The van der Waals surface area contributed by atoms with Gasteiger partial charge in [-0.15, -0.1) is 0 Å². The summed E-state index contributed by atoms with van der Waals surface area (Å²) in [6.07, 6.45) is 38.5. The number of ether oxygens (including phenoxy) is 4. The summed E-state index contributed by atoms with van der Waals surface area (Å²) in [5.74, 6) is 1.77. The Morgan fingerprint density at radius 2 is 0.815 bits per heavy atom. The molecule has 0 aromatic heterocycles. The van der Waals surface area contributed by atoms with E-state index in [-0.39, 0.29) is 5.91 Å². The van der Waals surface area contributed by atoms with E-state index in [1.165, 1.54) is 161 Å². The first-order valence-electron chi connectivity index (χ1n) is 23.4. The van der Waals surface area contributed by atoms with Gasteiger partial charge in [-0.3, -0.25) is 10.2 Å². The minimum atomic E-state index is -0.147. The number of nitrogens with one attached hydrogen (secondary N) is 1. The third kappa shape index (κ3) is 25.2. The summed E-state index contributed by atoms with van der Waals surface area (Å²) in [4.78, 5) is 13.6. The van der Waals surface area contributed by atoms with Crippen molar-refractivity contribution in [2.45, 2.75) is 213 Å². The van der Waals surface area contributed by atoms with Crippen molar-refractivity contribution in [2.24, 2.45) is 0 Å². The van der Waals surface area contributed by atoms with Gasteiger partial charge in [-0.1, -0.05) is 194 Å². The Bertz CT molecular complexity index is 951. The topological polar surface area (TPSA) is 69.3 Å². The Labute approximate surface area is 333 Å².